The molecule has 4 rings (SSSR count). The number of nitrogens with one attached hydrogen (secondary N) is 1. The van der Waals surface area contributed by atoms with Crippen LogP contribution in [-0.2, 0) is 6.18 Å². The van der Waals surface area contributed by atoms with E-state index >= 15 is 0 Å². The van der Waals surface area contributed by atoms with Crippen LogP contribution in [0.1, 0.15) is 15.9 Å². The molecule has 0 aliphatic heterocycles. The molecule has 0 bridgehead atoms. The van der Waals surface area contributed by atoms with E-state index in [2.05, 4.69) is 15.3 Å². The van der Waals surface area contributed by atoms with E-state index in [4.69, 9.17) is 4.42 Å². The number of aromatic nitrogens is 1. The van der Waals surface area contributed by atoms with Gasteiger partial charge in [0, 0.05) is 23.0 Å². The van der Waals surface area contributed by atoms with Crippen molar-refractivity contribution in [2.75, 3.05) is 5.32 Å². The summed E-state index contributed by atoms with van der Waals surface area (Å²) in [6.07, 6.45) is -2.94. The summed E-state index contributed by atoms with van der Waals surface area (Å²) in [6.45, 7) is 0. The summed E-state index contributed by atoms with van der Waals surface area (Å²) in [5.41, 5.74) is -0.463. The number of benzene rings is 2. The molecule has 0 fully saturated rings. The first kappa shape index (κ1) is 19.6. The van der Waals surface area contributed by atoms with Crippen molar-refractivity contribution in [1.82, 2.24) is 4.98 Å². The van der Waals surface area contributed by atoms with Gasteiger partial charge in [-0.1, -0.05) is 0 Å². The van der Waals surface area contributed by atoms with Gasteiger partial charge in [0.1, 0.15) is 16.9 Å². The Morgan fingerprint density at radius 1 is 1.13 bits per heavy atom. The minimum absolute atomic E-state index is 0.0493. The number of alkyl halides is 3. The lowest BCUT2D eigenvalue weighted by Crippen LogP contribution is -2.21. The van der Waals surface area contributed by atoms with Crippen LogP contribution in [0.3, 0.4) is 0 Å². The average Bonchev–Trinajstić information content (AvgIpc) is 3.20. The van der Waals surface area contributed by atoms with Gasteiger partial charge in [0.25, 0.3) is 5.91 Å². The molecule has 0 radical (unpaired) electrons. The van der Waals surface area contributed by atoms with Crippen molar-refractivity contribution < 1.29 is 27.5 Å². The van der Waals surface area contributed by atoms with Crippen molar-refractivity contribution in [1.29, 1.82) is 0 Å². The zero-order valence-electron chi connectivity index (χ0n) is 15.0. The summed E-state index contributed by atoms with van der Waals surface area (Å²) in [5, 5.41) is 14.9. The highest BCUT2D eigenvalue weighted by molar-refractivity contribution is 7.13. The molecule has 2 heterocycles. The van der Waals surface area contributed by atoms with E-state index < -0.39 is 17.6 Å². The number of phenols is 1. The normalized spacial score (nSPS) is 12.3. The largest absolute Gasteiger partial charge is 0.508 e. The van der Waals surface area contributed by atoms with Gasteiger partial charge in [-0.3, -0.25) is 10.1 Å². The van der Waals surface area contributed by atoms with Crippen molar-refractivity contribution in [3.05, 3.63) is 76.8 Å². The predicted octanol–water partition coefficient (Wildman–Crippen LogP) is 5.10. The molecule has 0 spiro atoms. The molecule has 0 aliphatic rings. The molecule has 0 saturated heterocycles. The quantitative estimate of drug-likeness (QED) is 0.473. The molecule has 10 heteroatoms. The summed E-state index contributed by atoms with van der Waals surface area (Å²) in [7, 11) is 0. The minimum atomic E-state index is -4.47. The Morgan fingerprint density at radius 2 is 1.90 bits per heavy atom. The highest BCUT2D eigenvalue weighted by Crippen LogP contribution is 2.30. The van der Waals surface area contributed by atoms with E-state index in [1.54, 1.807) is 11.4 Å². The van der Waals surface area contributed by atoms with E-state index in [0.717, 1.165) is 12.1 Å². The highest BCUT2D eigenvalue weighted by atomic mass is 32.1. The van der Waals surface area contributed by atoms with Crippen LogP contribution in [0.5, 0.6) is 5.75 Å². The topological polar surface area (TPSA) is 87.7 Å². The molecule has 0 saturated carbocycles. The van der Waals surface area contributed by atoms with E-state index in [9.17, 15) is 23.1 Å². The Bertz CT molecular complexity index is 1280. The lowest BCUT2D eigenvalue weighted by molar-refractivity contribution is -0.137. The first-order chi connectivity index (χ1) is 14.3. The maximum Gasteiger partial charge on any atom is 0.416 e. The van der Waals surface area contributed by atoms with Gasteiger partial charge < -0.3 is 9.52 Å². The number of amides is 1. The van der Waals surface area contributed by atoms with E-state index in [0.29, 0.717) is 10.5 Å². The predicted molar refractivity (Wildman–Crippen MR) is 105 cm³/mol. The Balaban J connectivity index is 1.83. The molecule has 4 aromatic rings. The van der Waals surface area contributed by atoms with Crippen LogP contribution in [0.2, 0.25) is 0 Å². The van der Waals surface area contributed by atoms with E-state index in [-0.39, 0.29) is 28.1 Å². The summed E-state index contributed by atoms with van der Waals surface area (Å²) in [6, 6.07) is 10.0. The van der Waals surface area contributed by atoms with Gasteiger partial charge in [-0.2, -0.15) is 13.2 Å². The molecule has 0 atom stereocenters. The SMILES string of the molecule is O=C(Nc1nccs1)c1cc2ccc(O)cc2oc1=Nc1ccc(C(F)(F)F)cc1. The molecule has 0 unspecified atom stereocenters. The van der Waals surface area contributed by atoms with Crippen LogP contribution in [0.25, 0.3) is 11.0 Å². The molecule has 152 valence electrons. The van der Waals surface area contributed by atoms with Gasteiger partial charge in [-0.05, 0) is 42.5 Å². The summed E-state index contributed by atoms with van der Waals surface area (Å²) in [5.74, 6) is -0.596. The average molecular weight is 431 g/mol. The third kappa shape index (κ3) is 4.18. The van der Waals surface area contributed by atoms with Gasteiger partial charge in [0.05, 0.1) is 11.3 Å². The maximum absolute atomic E-state index is 12.8. The minimum Gasteiger partial charge on any atom is -0.508 e. The maximum atomic E-state index is 12.8. The number of anilines is 1. The van der Waals surface area contributed by atoms with Crippen LogP contribution in [0.15, 0.2) is 69.5 Å². The summed E-state index contributed by atoms with van der Waals surface area (Å²) < 4.78 is 44.0. The number of rotatable bonds is 3. The number of carbonyl (C=O) groups excluding carboxylic acids is 1. The summed E-state index contributed by atoms with van der Waals surface area (Å²) >= 11 is 1.22. The highest BCUT2D eigenvalue weighted by Gasteiger charge is 2.29. The van der Waals surface area contributed by atoms with Gasteiger partial charge >= 0.3 is 6.18 Å². The van der Waals surface area contributed by atoms with Crippen LogP contribution in [0.4, 0.5) is 24.0 Å². The number of thiazole rings is 1. The van der Waals surface area contributed by atoms with Gasteiger partial charge in [0.15, 0.2) is 5.13 Å². The number of halogens is 3. The lowest BCUT2D eigenvalue weighted by Gasteiger charge is -2.07. The molecule has 1 amide bonds. The fraction of sp³-hybridized carbons (Fsp3) is 0.0500. The second-order valence-corrected chi connectivity index (χ2v) is 7.03. The van der Waals surface area contributed by atoms with Crippen molar-refractivity contribution in [3.8, 4) is 5.75 Å². The van der Waals surface area contributed by atoms with Gasteiger partial charge in [-0.25, -0.2) is 9.98 Å². The second-order valence-electron chi connectivity index (χ2n) is 6.14. The lowest BCUT2D eigenvalue weighted by atomic mass is 10.1. The number of carbonyl (C=O) groups is 1. The zero-order valence-corrected chi connectivity index (χ0v) is 15.8. The number of hydrogen-bond acceptors (Lipinski definition) is 6. The third-order valence-corrected chi connectivity index (χ3v) is 4.75. The fourth-order valence-electron chi connectivity index (χ4n) is 2.64. The molecule has 2 N–H and O–H groups in total. The molecule has 30 heavy (non-hydrogen) atoms. The first-order valence-electron chi connectivity index (χ1n) is 8.49. The van der Waals surface area contributed by atoms with Crippen molar-refractivity contribution >= 4 is 39.0 Å². The molecular weight excluding hydrogens is 419 g/mol. The molecule has 6 nitrogen and oxygen atoms in total. The van der Waals surface area contributed by atoms with Crippen molar-refractivity contribution in [2.45, 2.75) is 6.18 Å². The number of nitrogens with zero attached hydrogens (tertiary/aromatic N) is 2. The van der Waals surface area contributed by atoms with Gasteiger partial charge in [-0.15, -0.1) is 11.3 Å². The number of fused-ring (bicyclic) bond motifs is 1. The molecule has 2 aromatic heterocycles. The monoisotopic (exact) mass is 431 g/mol. The number of phenolic OH excluding ortho intramolecular Hbond substituents is 1. The Labute approximate surface area is 171 Å². The van der Waals surface area contributed by atoms with Crippen LogP contribution >= 0.6 is 11.3 Å². The molecular formula is C20H12F3N3O3S. The smallest absolute Gasteiger partial charge is 0.416 e. The Kier molecular flexibility index (Phi) is 5.00. The van der Waals surface area contributed by atoms with Crippen LogP contribution in [-0.4, -0.2) is 16.0 Å². The number of aromatic hydroxyl groups is 1. The Morgan fingerprint density at radius 3 is 2.57 bits per heavy atom. The van der Waals surface area contributed by atoms with Crippen LogP contribution in [0, 0.1) is 0 Å². The van der Waals surface area contributed by atoms with Crippen LogP contribution < -0.4 is 10.9 Å². The van der Waals surface area contributed by atoms with Crippen molar-refractivity contribution in [3.63, 3.8) is 0 Å². The Hall–Kier alpha value is -3.66. The molecule has 0 aliphatic carbocycles. The van der Waals surface area contributed by atoms with E-state index in [1.165, 1.54) is 47.9 Å². The van der Waals surface area contributed by atoms with Gasteiger partial charge in [0.2, 0.25) is 5.55 Å². The first-order valence-corrected chi connectivity index (χ1v) is 9.37. The number of hydrogen-bond donors (Lipinski definition) is 2. The standard InChI is InChI=1S/C20H12F3N3O3S/c21-20(22,23)12-2-4-13(5-3-12)25-18-15(17(28)26-19-24-7-8-30-19)9-11-1-6-14(27)10-16(11)29-18/h1-10,27H,(H,24,26,28). The summed E-state index contributed by atoms with van der Waals surface area (Å²) in [4.78, 5) is 20.9. The zero-order chi connectivity index (χ0) is 21.3. The molecule has 2 aromatic carbocycles. The van der Waals surface area contributed by atoms with E-state index in [1.807, 2.05) is 0 Å². The fourth-order valence-corrected chi connectivity index (χ4v) is 3.17. The third-order valence-electron chi connectivity index (χ3n) is 4.06. The van der Waals surface area contributed by atoms with Crippen molar-refractivity contribution in [2.24, 2.45) is 4.99 Å². The second kappa shape index (κ2) is 7.64.